The van der Waals surface area contributed by atoms with Gasteiger partial charge in [-0.3, -0.25) is 29.4 Å². The van der Waals surface area contributed by atoms with Gasteiger partial charge in [0.1, 0.15) is 18.2 Å². The first-order chi connectivity index (χ1) is 27.7. The Morgan fingerprint density at radius 1 is 1.02 bits per heavy atom. The minimum absolute atomic E-state index is 0.0109. The zero-order chi connectivity index (χ0) is 41.1. The fourth-order valence-electron chi connectivity index (χ4n) is 7.24. The van der Waals surface area contributed by atoms with Gasteiger partial charge in [0.15, 0.2) is 16.7 Å². The zero-order valence-electron chi connectivity index (χ0n) is 32.7. The monoisotopic (exact) mass is 812 g/mol. The van der Waals surface area contributed by atoms with Crippen LogP contribution in [0.4, 0.5) is 25.7 Å². The number of carbonyl (C=O) groups is 5. The Balaban J connectivity index is 0.854. The molecule has 5 amide bonds. The van der Waals surface area contributed by atoms with E-state index in [0.717, 1.165) is 38.6 Å². The molecule has 1 aromatic heterocycles. The van der Waals surface area contributed by atoms with Crippen LogP contribution in [-0.4, -0.2) is 84.2 Å². The Labute approximate surface area is 339 Å². The number of hydrogen-bond acceptors (Lipinski definition) is 11. The van der Waals surface area contributed by atoms with Crippen LogP contribution < -0.4 is 25.6 Å². The maximum Gasteiger partial charge on any atom is 0.414 e. The Morgan fingerprint density at radius 2 is 1.84 bits per heavy atom. The summed E-state index contributed by atoms with van der Waals surface area (Å²) in [7, 11) is 0. The number of piperidine rings is 1. The number of nitrogens with zero attached hydrogens (tertiary/aromatic N) is 3. The number of carbonyl (C=O) groups excluding carboxylic acids is 5. The van der Waals surface area contributed by atoms with Gasteiger partial charge in [0.2, 0.25) is 17.7 Å². The number of benzene rings is 3. The lowest BCUT2D eigenvalue weighted by molar-refractivity contribution is -0.137. The molecule has 0 spiro atoms. The number of thiazole rings is 1. The summed E-state index contributed by atoms with van der Waals surface area (Å²) in [6.07, 6.45) is 0.740. The van der Waals surface area contributed by atoms with Gasteiger partial charge in [-0.05, 0) is 93.6 Å². The Hall–Kier alpha value is -5.87. The highest BCUT2D eigenvalue weighted by molar-refractivity contribution is 7.16. The first-order valence-electron chi connectivity index (χ1n) is 19.1. The standard InChI is InChI=1S/C42H45FN6O8S/c1-24-37(30-6-5-7-32-29(30)14-16-48(32)41(54)57-42(2,3)4)47-40(58-24)46-36(51)21-25-8-11-31(43)34(20-25)56-19-18-55-17-15-44-27-9-10-28-26(22-27)23-49(39(28)53)33-12-13-35(50)45-38(33)52/h5-11,20,22,33,44H,12-19,21,23H2,1-4H3,(H,45,50,52)(H,46,47,51). The summed E-state index contributed by atoms with van der Waals surface area (Å²) in [6.45, 7) is 9.31. The van der Waals surface area contributed by atoms with Gasteiger partial charge in [0, 0.05) is 47.7 Å². The molecule has 4 aromatic rings. The molecule has 58 heavy (non-hydrogen) atoms. The van der Waals surface area contributed by atoms with Crippen LogP contribution in [0.15, 0.2) is 54.6 Å². The first kappa shape index (κ1) is 40.3. The summed E-state index contributed by atoms with van der Waals surface area (Å²) in [5, 5.41) is 8.87. The Morgan fingerprint density at radius 3 is 2.64 bits per heavy atom. The van der Waals surface area contributed by atoms with Crippen LogP contribution >= 0.6 is 11.3 Å². The van der Waals surface area contributed by atoms with Crippen LogP contribution in [0.1, 0.15) is 65.5 Å². The van der Waals surface area contributed by atoms with E-state index in [-0.39, 0.29) is 56.1 Å². The molecule has 1 atom stereocenters. The minimum Gasteiger partial charge on any atom is -0.488 e. The van der Waals surface area contributed by atoms with E-state index in [9.17, 15) is 28.4 Å². The largest absolute Gasteiger partial charge is 0.488 e. The number of amides is 5. The van der Waals surface area contributed by atoms with Crippen LogP contribution in [0.5, 0.6) is 5.75 Å². The SMILES string of the molecule is Cc1sc(NC(=O)Cc2ccc(F)c(OCCOCCNc3ccc4c(c3)CN(C3CCC(=O)NC3=O)C4=O)c2)nc1-c1cccc2c1CCN2C(=O)OC(C)(C)C. The summed E-state index contributed by atoms with van der Waals surface area (Å²) in [6, 6.07) is 14.8. The lowest BCUT2D eigenvalue weighted by Gasteiger charge is -2.29. The summed E-state index contributed by atoms with van der Waals surface area (Å²) < 4.78 is 31.6. The first-order valence-corrected chi connectivity index (χ1v) is 20.0. The summed E-state index contributed by atoms with van der Waals surface area (Å²) in [5.41, 5.74) is 5.49. The molecule has 14 nitrogen and oxygen atoms in total. The normalized spacial score (nSPS) is 16.2. The number of nitrogens with one attached hydrogen (secondary N) is 3. The highest BCUT2D eigenvalue weighted by Gasteiger charge is 2.39. The molecule has 0 saturated carbocycles. The van der Waals surface area contributed by atoms with Gasteiger partial charge in [0.25, 0.3) is 5.91 Å². The van der Waals surface area contributed by atoms with Crippen molar-refractivity contribution in [1.82, 2.24) is 15.2 Å². The minimum atomic E-state index is -0.668. The van der Waals surface area contributed by atoms with Crippen LogP contribution in [0.3, 0.4) is 0 Å². The second kappa shape index (κ2) is 16.9. The van der Waals surface area contributed by atoms with Gasteiger partial charge < -0.3 is 29.7 Å². The molecule has 0 radical (unpaired) electrons. The average molecular weight is 813 g/mol. The number of ether oxygens (including phenoxy) is 3. The van der Waals surface area contributed by atoms with E-state index in [4.69, 9.17) is 19.2 Å². The highest BCUT2D eigenvalue weighted by atomic mass is 32.1. The third kappa shape index (κ3) is 9.13. The summed E-state index contributed by atoms with van der Waals surface area (Å²) >= 11 is 1.36. The van der Waals surface area contributed by atoms with Crippen molar-refractivity contribution in [3.05, 3.63) is 87.5 Å². The molecular formula is C42H45FN6O8S. The molecule has 16 heteroatoms. The van der Waals surface area contributed by atoms with Gasteiger partial charge in [-0.15, -0.1) is 11.3 Å². The number of imide groups is 1. The van der Waals surface area contributed by atoms with Crippen molar-refractivity contribution in [2.45, 2.75) is 71.6 Å². The molecule has 1 fully saturated rings. The third-order valence-electron chi connectivity index (χ3n) is 9.88. The number of halogens is 1. The zero-order valence-corrected chi connectivity index (χ0v) is 33.6. The molecular weight excluding hydrogens is 768 g/mol. The van der Waals surface area contributed by atoms with Gasteiger partial charge in [-0.25, -0.2) is 14.2 Å². The van der Waals surface area contributed by atoms with Crippen LogP contribution in [0.2, 0.25) is 0 Å². The van der Waals surface area contributed by atoms with E-state index in [0.29, 0.717) is 48.8 Å². The van der Waals surface area contributed by atoms with E-state index in [1.807, 2.05) is 52.0 Å². The molecule has 3 aliphatic heterocycles. The maximum atomic E-state index is 14.6. The molecule has 1 saturated heterocycles. The Kier molecular flexibility index (Phi) is 11.8. The second-order valence-electron chi connectivity index (χ2n) is 15.3. The average Bonchev–Trinajstić information content (AvgIpc) is 3.86. The Bertz CT molecular complexity index is 2270. The number of fused-ring (bicyclic) bond motifs is 2. The quantitative estimate of drug-likeness (QED) is 0.108. The highest BCUT2D eigenvalue weighted by Crippen LogP contribution is 2.40. The molecule has 7 rings (SSSR count). The van der Waals surface area contributed by atoms with Gasteiger partial charge in [0.05, 0.1) is 31.0 Å². The van der Waals surface area contributed by atoms with E-state index in [2.05, 4.69) is 16.0 Å². The van der Waals surface area contributed by atoms with Crippen molar-refractivity contribution >= 4 is 57.6 Å². The maximum absolute atomic E-state index is 14.6. The molecule has 0 aliphatic carbocycles. The van der Waals surface area contributed by atoms with Crippen molar-refractivity contribution in [2.24, 2.45) is 0 Å². The number of aryl methyl sites for hydroxylation is 1. The van der Waals surface area contributed by atoms with E-state index in [1.54, 1.807) is 17.0 Å². The van der Waals surface area contributed by atoms with Crippen LogP contribution in [0.25, 0.3) is 11.3 Å². The van der Waals surface area contributed by atoms with Gasteiger partial charge in [-0.1, -0.05) is 18.2 Å². The lowest BCUT2D eigenvalue weighted by atomic mass is 10.0. The molecule has 3 aromatic carbocycles. The molecule has 3 aliphatic rings. The van der Waals surface area contributed by atoms with Crippen molar-refractivity contribution in [3.8, 4) is 17.0 Å². The van der Waals surface area contributed by atoms with Crippen LogP contribution in [0, 0.1) is 12.7 Å². The predicted octanol–water partition coefficient (Wildman–Crippen LogP) is 6.00. The number of anilines is 3. The van der Waals surface area contributed by atoms with E-state index < -0.39 is 29.5 Å². The van der Waals surface area contributed by atoms with E-state index >= 15 is 0 Å². The van der Waals surface area contributed by atoms with Crippen LogP contribution in [-0.2, 0) is 43.2 Å². The second-order valence-corrected chi connectivity index (χ2v) is 16.5. The topological polar surface area (TPSA) is 168 Å². The summed E-state index contributed by atoms with van der Waals surface area (Å²) in [5.74, 6) is -1.86. The van der Waals surface area contributed by atoms with Gasteiger partial charge in [-0.2, -0.15) is 0 Å². The smallest absolute Gasteiger partial charge is 0.414 e. The van der Waals surface area contributed by atoms with E-state index in [1.165, 1.54) is 34.4 Å². The predicted molar refractivity (Wildman–Crippen MR) is 216 cm³/mol. The number of rotatable bonds is 13. The fraction of sp³-hybridized carbons (Fsp3) is 0.381. The molecule has 4 heterocycles. The van der Waals surface area contributed by atoms with Crippen molar-refractivity contribution < 1.29 is 42.6 Å². The molecule has 0 bridgehead atoms. The van der Waals surface area contributed by atoms with Crippen molar-refractivity contribution in [1.29, 1.82) is 0 Å². The number of aromatic nitrogens is 1. The fourth-order valence-corrected chi connectivity index (χ4v) is 8.09. The lowest BCUT2D eigenvalue weighted by Crippen LogP contribution is -2.52. The van der Waals surface area contributed by atoms with Crippen molar-refractivity contribution in [2.75, 3.05) is 48.4 Å². The third-order valence-corrected chi connectivity index (χ3v) is 10.8. The van der Waals surface area contributed by atoms with Crippen molar-refractivity contribution in [3.63, 3.8) is 0 Å². The van der Waals surface area contributed by atoms with Gasteiger partial charge >= 0.3 is 6.09 Å². The summed E-state index contributed by atoms with van der Waals surface area (Å²) in [4.78, 5) is 71.5. The molecule has 3 N–H and O–H groups in total. The molecule has 1 unspecified atom stereocenters. The number of hydrogen-bond donors (Lipinski definition) is 3. The molecule has 304 valence electrons.